The lowest BCUT2D eigenvalue weighted by atomic mass is 10.1. The SMILES string of the molecule is Cl.O=C1c2ccccc2C2NCCN12. The van der Waals surface area contributed by atoms with Crippen LogP contribution in [0.4, 0.5) is 0 Å². The molecular formula is C10H11ClN2O. The molecule has 0 spiro atoms. The summed E-state index contributed by atoms with van der Waals surface area (Å²) >= 11 is 0. The Bertz CT molecular complexity index is 380. The number of carbonyl (C=O) groups is 1. The summed E-state index contributed by atoms with van der Waals surface area (Å²) in [4.78, 5) is 13.7. The van der Waals surface area contributed by atoms with E-state index in [0.29, 0.717) is 0 Å². The molecular weight excluding hydrogens is 200 g/mol. The summed E-state index contributed by atoms with van der Waals surface area (Å²) in [5, 5.41) is 3.31. The highest BCUT2D eigenvalue weighted by Gasteiger charge is 2.38. The largest absolute Gasteiger partial charge is 0.318 e. The third-order valence-corrected chi connectivity index (χ3v) is 2.75. The van der Waals surface area contributed by atoms with Crippen molar-refractivity contribution in [2.24, 2.45) is 0 Å². The van der Waals surface area contributed by atoms with Crippen LogP contribution in [0, 0.1) is 0 Å². The van der Waals surface area contributed by atoms with E-state index in [-0.39, 0.29) is 24.5 Å². The van der Waals surface area contributed by atoms with Gasteiger partial charge < -0.3 is 4.90 Å². The van der Waals surface area contributed by atoms with E-state index in [0.717, 1.165) is 24.2 Å². The molecule has 1 aromatic rings. The fourth-order valence-electron chi connectivity index (χ4n) is 2.14. The molecule has 4 heteroatoms. The smallest absolute Gasteiger partial charge is 0.255 e. The molecule has 0 radical (unpaired) electrons. The molecule has 1 aromatic carbocycles. The van der Waals surface area contributed by atoms with E-state index in [2.05, 4.69) is 5.32 Å². The minimum Gasteiger partial charge on any atom is -0.318 e. The van der Waals surface area contributed by atoms with Crippen LogP contribution in [-0.4, -0.2) is 23.9 Å². The van der Waals surface area contributed by atoms with Crippen LogP contribution in [0.2, 0.25) is 0 Å². The fourth-order valence-corrected chi connectivity index (χ4v) is 2.14. The summed E-state index contributed by atoms with van der Waals surface area (Å²) in [6.45, 7) is 1.74. The minimum atomic E-state index is 0. The van der Waals surface area contributed by atoms with Gasteiger partial charge in [0.1, 0.15) is 6.17 Å². The van der Waals surface area contributed by atoms with Crippen LogP contribution < -0.4 is 5.32 Å². The number of nitrogens with one attached hydrogen (secondary N) is 1. The van der Waals surface area contributed by atoms with Crippen molar-refractivity contribution >= 4 is 18.3 Å². The van der Waals surface area contributed by atoms with Gasteiger partial charge in [0.25, 0.3) is 5.91 Å². The van der Waals surface area contributed by atoms with Gasteiger partial charge in [-0.1, -0.05) is 18.2 Å². The summed E-state index contributed by atoms with van der Waals surface area (Å²) in [6, 6.07) is 7.82. The highest BCUT2D eigenvalue weighted by atomic mass is 35.5. The van der Waals surface area contributed by atoms with Crippen LogP contribution in [0.25, 0.3) is 0 Å². The van der Waals surface area contributed by atoms with Gasteiger partial charge in [-0.2, -0.15) is 0 Å². The third-order valence-electron chi connectivity index (χ3n) is 2.75. The molecule has 1 N–H and O–H groups in total. The van der Waals surface area contributed by atoms with Gasteiger partial charge in [0.15, 0.2) is 0 Å². The zero-order chi connectivity index (χ0) is 8.84. The number of benzene rings is 1. The van der Waals surface area contributed by atoms with Gasteiger partial charge in [-0.05, 0) is 6.07 Å². The van der Waals surface area contributed by atoms with Gasteiger partial charge in [-0.3, -0.25) is 10.1 Å². The lowest BCUT2D eigenvalue weighted by Gasteiger charge is -2.14. The van der Waals surface area contributed by atoms with E-state index < -0.39 is 0 Å². The molecule has 3 nitrogen and oxygen atoms in total. The molecule has 0 aliphatic carbocycles. The molecule has 3 rings (SSSR count). The number of rotatable bonds is 0. The molecule has 1 amide bonds. The van der Waals surface area contributed by atoms with Gasteiger partial charge in [-0.15, -0.1) is 12.4 Å². The van der Waals surface area contributed by atoms with E-state index in [4.69, 9.17) is 0 Å². The second-order valence-electron chi connectivity index (χ2n) is 3.44. The quantitative estimate of drug-likeness (QED) is 0.697. The Morgan fingerprint density at radius 3 is 3.00 bits per heavy atom. The lowest BCUT2D eigenvalue weighted by Crippen LogP contribution is -2.25. The maximum absolute atomic E-state index is 11.8. The second kappa shape index (κ2) is 3.26. The number of halogens is 1. The molecule has 1 atom stereocenters. The minimum absolute atomic E-state index is 0. The number of fused-ring (bicyclic) bond motifs is 3. The van der Waals surface area contributed by atoms with Crippen molar-refractivity contribution in [2.45, 2.75) is 6.17 Å². The Labute approximate surface area is 88.5 Å². The molecule has 2 aliphatic rings. The highest BCUT2D eigenvalue weighted by Crippen LogP contribution is 2.33. The molecule has 2 heterocycles. The molecule has 14 heavy (non-hydrogen) atoms. The standard InChI is InChI=1S/C10H10N2O.ClH/c13-10-8-4-2-1-3-7(8)9-11-5-6-12(9)10;/h1-4,9,11H,5-6H2;1H. The first-order valence-corrected chi connectivity index (χ1v) is 4.51. The average molecular weight is 211 g/mol. The van der Waals surface area contributed by atoms with Gasteiger partial charge in [0.2, 0.25) is 0 Å². The normalized spacial score (nSPS) is 23.0. The Kier molecular flexibility index (Phi) is 2.21. The van der Waals surface area contributed by atoms with E-state index in [9.17, 15) is 4.79 Å². The topological polar surface area (TPSA) is 32.3 Å². The van der Waals surface area contributed by atoms with Gasteiger partial charge in [-0.25, -0.2) is 0 Å². The highest BCUT2D eigenvalue weighted by molar-refractivity contribution is 5.99. The number of carbonyl (C=O) groups excluding carboxylic acids is 1. The molecule has 0 aromatic heterocycles. The number of amides is 1. The van der Waals surface area contributed by atoms with Crippen molar-refractivity contribution in [3.05, 3.63) is 35.4 Å². The summed E-state index contributed by atoms with van der Waals surface area (Å²) < 4.78 is 0. The lowest BCUT2D eigenvalue weighted by molar-refractivity contribution is 0.0771. The number of hydrogen-bond acceptors (Lipinski definition) is 2. The van der Waals surface area contributed by atoms with Crippen LogP contribution in [0.3, 0.4) is 0 Å². The molecule has 0 bridgehead atoms. The number of hydrogen-bond donors (Lipinski definition) is 1. The Morgan fingerprint density at radius 2 is 2.14 bits per heavy atom. The van der Waals surface area contributed by atoms with E-state index in [1.54, 1.807) is 0 Å². The first-order valence-electron chi connectivity index (χ1n) is 4.51. The Hall–Kier alpha value is -1.06. The van der Waals surface area contributed by atoms with Crippen LogP contribution in [0.5, 0.6) is 0 Å². The van der Waals surface area contributed by atoms with Crippen LogP contribution in [0.1, 0.15) is 22.1 Å². The predicted octanol–water partition coefficient (Wildman–Crippen LogP) is 1.17. The van der Waals surface area contributed by atoms with Crippen molar-refractivity contribution < 1.29 is 4.79 Å². The zero-order valence-corrected chi connectivity index (χ0v) is 8.38. The summed E-state index contributed by atoms with van der Waals surface area (Å²) in [7, 11) is 0. The van der Waals surface area contributed by atoms with Crippen molar-refractivity contribution in [3.63, 3.8) is 0 Å². The maximum Gasteiger partial charge on any atom is 0.255 e. The van der Waals surface area contributed by atoms with Gasteiger partial charge in [0, 0.05) is 24.2 Å². The second-order valence-corrected chi connectivity index (χ2v) is 3.44. The Balaban J connectivity index is 0.000000750. The van der Waals surface area contributed by atoms with Crippen molar-refractivity contribution in [1.29, 1.82) is 0 Å². The van der Waals surface area contributed by atoms with Crippen LogP contribution in [-0.2, 0) is 0 Å². The Morgan fingerprint density at radius 1 is 1.36 bits per heavy atom. The first kappa shape index (κ1) is 9.49. The molecule has 74 valence electrons. The molecule has 1 unspecified atom stereocenters. The van der Waals surface area contributed by atoms with Crippen LogP contribution >= 0.6 is 12.4 Å². The van der Waals surface area contributed by atoms with Crippen LogP contribution in [0.15, 0.2) is 24.3 Å². The zero-order valence-electron chi connectivity index (χ0n) is 7.56. The third kappa shape index (κ3) is 1.06. The molecule has 1 saturated heterocycles. The predicted molar refractivity (Wildman–Crippen MR) is 55.5 cm³/mol. The fraction of sp³-hybridized carbons (Fsp3) is 0.300. The molecule has 1 fully saturated rings. The monoisotopic (exact) mass is 210 g/mol. The van der Waals surface area contributed by atoms with E-state index >= 15 is 0 Å². The maximum atomic E-state index is 11.8. The summed E-state index contributed by atoms with van der Waals surface area (Å²) in [6.07, 6.45) is 0.142. The van der Waals surface area contributed by atoms with E-state index in [1.807, 2.05) is 29.2 Å². The van der Waals surface area contributed by atoms with Gasteiger partial charge >= 0.3 is 0 Å². The van der Waals surface area contributed by atoms with E-state index in [1.165, 1.54) is 0 Å². The number of nitrogens with zero attached hydrogens (tertiary/aromatic N) is 1. The average Bonchev–Trinajstić information content (AvgIpc) is 2.72. The van der Waals surface area contributed by atoms with Crippen molar-refractivity contribution in [1.82, 2.24) is 10.2 Å². The van der Waals surface area contributed by atoms with Crippen molar-refractivity contribution in [2.75, 3.05) is 13.1 Å². The first-order chi connectivity index (χ1) is 6.38. The molecule has 0 saturated carbocycles. The summed E-state index contributed by atoms with van der Waals surface area (Å²) in [5.74, 6) is 0.172. The summed E-state index contributed by atoms with van der Waals surface area (Å²) in [5.41, 5.74) is 1.99. The van der Waals surface area contributed by atoms with Gasteiger partial charge in [0.05, 0.1) is 0 Å². The molecule has 2 aliphatic heterocycles. The van der Waals surface area contributed by atoms with Crippen molar-refractivity contribution in [3.8, 4) is 0 Å².